The van der Waals surface area contributed by atoms with Crippen molar-refractivity contribution in [2.24, 2.45) is 0 Å². The van der Waals surface area contributed by atoms with Crippen LogP contribution in [0.3, 0.4) is 0 Å². The van der Waals surface area contributed by atoms with Gasteiger partial charge in [0.05, 0.1) is 4.90 Å². The van der Waals surface area contributed by atoms with Gasteiger partial charge in [0.1, 0.15) is 0 Å². The Morgan fingerprint density at radius 2 is 2.25 bits per heavy atom. The molecular formula is C13H20BrN3O2S. The molecule has 1 saturated heterocycles. The molecule has 20 heavy (non-hydrogen) atoms. The van der Waals surface area contributed by atoms with E-state index in [1.165, 1.54) is 6.07 Å². The smallest absolute Gasteiger partial charge is 0.241 e. The highest BCUT2D eigenvalue weighted by Crippen LogP contribution is 2.25. The molecule has 0 aromatic heterocycles. The number of likely N-dealkylation sites (tertiary alicyclic amines) is 1. The lowest BCUT2D eigenvalue weighted by atomic mass is 10.1. The molecule has 0 radical (unpaired) electrons. The van der Waals surface area contributed by atoms with E-state index in [1.807, 2.05) is 0 Å². The Hall–Kier alpha value is -0.630. The number of rotatable bonds is 4. The van der Waals surface area contributed by atoms with Gasteiger partial charge in [0.2, 0.25) is 10.0 Å². The maximum absolute atomic E-state index is 12.4. The largest absolute Gasteiger partial charge is 0.399 e. The number of hydrogen-bond acceptors (Lipinski definition) is 4. The molecule has 1 aliphatic rings. The molecule has 1 fully saturated rings. The van der Waals surface area contributed by atoms with E-state index in [4.69, 9.17) is 5.73 Å². The zero-order valence-electron chi connectivity index (χ0n) is 11.5. The lowest BCUT2D eigenvalue weighted by Crippen LogP contribution is -2.47. The van der Waals surface area contributed by atoms with Crippen molar-refractivity contribution in [2.45, 2.75) is 30.7 Å². The number of anilines is 1. The fourth-order valence-electron chi connectivity index (χ4n) is 2.46. The Morgan fingerprint density at radius 3 is 2.90 bits per heavy atom. The molecule has 2 rings (SSSR count). The molecule has 0 aliphatic carbocycles. The first-order valence-corrected chi connectivity index (χ1v) is 8.99. The van der Waals surface area contributed by atoms with Gasteiger partial charge in [-0.25, -0.2) is 13.1 Å². The summed E-state index contributed by atoms with van der Waals surface area (Å²) < 4.78 is 28.1. The highest BCUT2D eigenvalue weighted by molar-refractivity contribution is 9.10. The minimum Gasteiger partial charge on any atom is -0.399 e. The Balaban J connectivity index is 2.14. The minimum atomic E-state index is -3.52. The van der Waals surface area contributed by atoms with Gasteiger partial charge in [0.15, 0.2) is 0 Å². The predicted molar refractivity (Wildman–Crippen MR) is 84.0 cm³/mol. The molecule has 1 atom stereocenters. The second-order valence-corrected chi connectivity index (χ2v) is 7.58. The maximum Gasteiger partial charge on any atom is 0.241 e. The van der Waals surface area contributed by atoms with Crippen LogP contribution in [-0.4, -0.2) is 39.0 Å². The third-order valence-corrected chi connectivity index (χ3v) is 6.02. The van der Waals surface area contributed by atoms with E-state index in [-0.39, 0.29) is 10.9 Å². The van der Waals surface area contributed by atoms with Crippen molar-refractivity contribution in [1.82, 2.24) is 9.62 Å². The first-order chi connectivity index (χ1) is 9.42. The third kappa shape index (κ3) is 3.72. The van der Waals surface area contributed by atoms with Crippen LogP contribution in [-0.2, 0) is 10.0 Å². The van der Waals surface area contributed by atoms with Crippen LogP contribution < -0.4 is 10.5 Å². The van der Waals surface area contributed by atoms with Crippen LogP contribution in [0.1, 0.15) is 19.8 Å². The summed E-state index contributed by atoms with van der Waals surface area (Å²) in [7, 11) is -3.52. The van der Waals surface area contributed by atoms with Crippen LogP contribution in [0, 0.1) is 0 Å². The lowest BCUT2D eigenvalue weighted by molar-refractivity contribution is 0.211. The van der Waals surface area contributed by atoms with E-state index in [0.29, 0.717) is 10.2 Å². The Morgan fingerprint density at radius 1 is 1.50 bits per heavy atom. The topological polar surface area (TPSA) is 75.4 Å². The van der Waals surface area contributed by atoms with Gasteiger partial charge < -0.3 is 10.6 Å². The molecule has 1 aliphatic heterocycles. The number of nitrogens with one attached hydrogen (secondary N) is 1. The number of likely N-dealkylation sites (N-methyl/N-ethyl adjacent to an activating group) is 1. The van der Waals surface area contributed by atoms with Gasteiger partial charge in [0, 0.05) is 22.7 Å². The van der Waals surface area contributed by atoms with E-state index < -0.39 is 10.0 Å². The molecule has 7 heteroatoms. The van der Waals surface area contributed by atoms with Gasteiger partial charge in [-0.1, -0.05) is 6.92 Å². The van der Waals surface area contributed by atoms with E-state index in [0.717, 1.165) is 32.5 Å². The number of sulfonamides is 1. The number of benzene rings is 1. The molecule has 5 nitrogen and oxygen atoms in total. The number of piperidine rings is 1. The van der Waals surface area contributed by atoms with Gasteiger partial charge in [-0.3, -0.25) is 0 Å². The SMILES string of the molecule is CCN1CCCC(NS(=O)(=O)c2ccc(N)cc2Br)C1. The lowest BCUT2D eigenvalue weighted by Gasteiger charge is -2.32. The second kappa shape index (κ2) is 6.43. The van der Waals surface area contributed by atoms with Crippen molar-refractivity contribution in [3.05, 3.63) is 22.7 Å². The van der Waals surface area contributed by atoms with E-state index >= 15 is 0 Å². The predicted octanol–water partition coefficient (Wildman–Crippen LogP) is 1.79. The zero-order chi connectivity index (χ0) is 14.8. The summed E-state index contributed by atoms with van der Waals surface area (Å²) in [5.41, 5.74) is 6.17. The van der Waals surface area contributed by atoms with Gasteiger partial charge in [0.25, 0.3) is 0 Å². The molecule has 0 spiro atoms. The average molecular weight is 362 g/mol. The van der Waals surface area contributed by atoms with Crippen molar-refractivity contribution in [2.75, 3.05) is 25.4 Å². The zero-order valence-corrected chi connectivity index (χ0v) is 13.9. The molecule has 1 heterocycles. The number of nitrogen functional groups attached to an aromatic ring is 1. The summed E-state index contributed by atoms with van der Waals surface area (Å²) in [6.07, 6.45) is 1.90. The van der Waals surface area contributed by atoms with Gasteiger partial charge in [-0.05, 0) is 60.1 Å². The monoisotopic (exact) mass is 361 g/mol. The van der Waals surface area contributed by atoms with Crippen LogP contribution in [0.25, 0.3) is 0 Å². The van der Waals surface area contributed by atoms with Crippen molar-refractivity contribution >= 4 is 31.6 Å². The fourth-order valence-corrected chi connectivity index (χ4v) is 4.81. The van der Waals surface area contributed by atoms with Gasteiger partial charge in [-0.15, -0.1) is 0 Å². The van der Waals surface area contributed by atoms with Gasteiger partial charge in [-0.2, -0.15) is 0 Å². The first-order valence-electron chi connectivity index (χ1n) is 6.72. The summed E-state index contributed by atoms with van der Waals surface area (Å²) in [6.45, 7) is 4.85. The Labute approximate surface area is 128 Å². The van der Waals surface area contributed by atoms with E-state index in [2.05, 4.69) is 32.5 Å². The number of hydrogen-bond donors (Lipinski definition) is 2. The van der Waals surface area contributed by atoms with Crippen LogP contribution in [0.4, 0.5) is 5.69 Å². The molecular weight excluding hydrogens is 342 g/mol. The molecule has 0 bridgehead atoms. The van der Waals surface area contributed by atoms with Crippen molar-refractivity contribution in [1.29, 1.82) is 0 Å². The van der Waals surface area contributed by atoms with Gasteiger partial charge >= 0.3 is 0 Å². The molecule has 1 aromatic carbocycles. The number of halogens is 1. The van der Waals surface area contributed by atoms with Crippen molar-refractivity contribution in [3.63, 3.8) is 0 Å². The molecule has 112 valence electrons. The summed E-state index contributed by atoms with van der Waals surface area (Å²) in [6, 6.07) is 4.70. The quantitative estimate of drug-likeness (QED) is 0.801. The molecule has 0 saturated carbocycles. The summed E-state index contributed by atoms with van der Waals surface area (Å²) in [4.78, 5) is 2.50. The van der Waals surface area contributed by atoms with E-state index in [9.17, 15) is 8.42 Å². The fraction of sp³-hybridized carbons (Fsp3) is 0.538. The second-order valence-electron chi connectivity index (χ2n) is 5.04. The number of nitrogens with two attached hydrogens (primary N) is 1. The molecule has 1 aromatic rings. The van der Waals surface area contributed by atoms with Crippen LogP contribution >= 0.6 is 15.9 Å². The maximum atomic E-state index is 12.4. The molecule has 3 N–H and O–H groups in total. The standard InChI is InChI=1S/C13H20BrN3O2S/c1-2-17-7-3-4-11(9-17)16-20(18,19)13-6-5-10(15)8-12(13)14/h5-6,8,11,16H,2-4,7,9,15H2,1H3. The van der Waals surface area contributed by atoms with Crippen LogP contribution in [0.5, 0.6) is 0 Å². The normalized spacial score (nSPS) is 21.0. The van der Waals surface area contributed by atoms with Crippen LogP contribution in [0.2, 0.25) is 0 Å². The highest BCUT2D eigenvalue weighted by atomic mass is 79.9. The Bertz CT molecular complexity index is 577. The third-order valence-electron chi connectivity index (χ3n) is 3.52. The van der Waals surface area contributed by atoms with Crippen LogP contribution in [0.15, 0.2) is 27.6 Å². The summed E-state index contributed by atoms with van der Waals surface area (Å²) in [5.74, 6) is 0. The highest BCUT2D eigenvalue weighted by Gasteiger charge is 2.25. The molecule has 0 amide bonds. The van der Waals surface area contributed by atoms with Crippen molar-refractivity contribution in [3.8, 4) is 0 Å². The Kier molecular flexibility index (Phi) is 5.06. The summed E-state index contributed by atoms with van der Waals surface area (Å²) in [5, 5.41) is 0. The minimum absolute atomic E-state index is 0.0295. The molecule has 1 unspecified atom stereocenters. The first kappa shape index (κ1) is 15.8. The van der Waals surface area contributed by atoms with Crippen molar-refractivity contribution < 1.29 is 8.42 Å². The average Bonchev–Trinajstić information content (AvgIpc) is 2.37. The van der Waals surface area contributed by atoms with E-state index in [1.54, 1.807) is 12.1 Å². The summed E-state index contributed by atoms with van der Waals surface area (Å²) >= 11 is 3.26. The number of nitrogens with zero attached hydrogens (tertiary/aromatic N) is 1.